The number of carboxylic acids is 1. The zero-order valence-corrected chi connectivity index (χ0v) is 23.4. The number of hydrogen-bond acceptors (Lipinski definition) is 5. The number of carbonyl (C=O) groups excluding carboxylic acids is 2. The van der Waals surface area contributed by atoms with E-state index in [-0.39, 0.29) is 47.1 Å². The number of benzene rings is 3. The molecular formula is C27H24Cl2NNaO5. The molecule has 1 aliphatic rings. The third-order valence-electron chi connectivity index (χ3n) is 5.85. The topological polar surface area (TPSA) is 87.7 Å². The van der Waals surface area contributed by atoms with Crippen molar-refractivity contribution in [3.63, 3.8) is 0 Å². The Morgan fingerprint density at radius 3 is 2.50 bits per heavy atom. The molecule has 1 atom stereocenters. The maximum Gasteiger partial charge on any atom is 1.00 e. The summed E-state index contributed by atoms with van der Waals surface area (Å²) in [6.45, 7) is 0.843. The molecule has 1 amide bonds. The molecule has 0 saturated carbocycles. The second kappa shape index (κ2) is 13.4. The van der Waals surface area contributed by atoms with Crippen molar-refractivity contribution in [3.05, 3.63) is 87.4 Å². The van der Waals surface area contributed by atoms with E-state index in [1.165, 1.54) is 0 Å². The predicted octanol–water partition coefficient (Wildman–Crippen LogP) is 2.16. The molecular weight excluding hydrogens is 512 g/mol. The van der Waals surface area contributed by atoms with E-state index < -0.39 is 11.9 Å². The normalized spacial score (nSPS) is 14.1. The van der Waals surface area contributed by atoms with E-state index in [0.29, 0.717) is 41.3 Å². The fourth-order valence-electron chi connectivity index (χ4n) is 3.96. The van der Waals surface area contributed by atoms with E-state index in [1.54, 1.807) is 36.4 Å². The van der Waals surface area contributed by atoms with Gasteiger partial charge in [0.1, 0.15) is 17.2 Å². The number of fused-ring (bicyclic) bond motifs is 1. The van der Waals surface area contributed by atoms with E-state index in [1.807, 2.05) is 24.3 Å². The monoisotopic (exact) mass is 535 g/mol. The van der Waals surface area contributed by atoms with Crippen LogP contribution in [0.15, 0.2) is 60.7 Å². The second-order valence-corrected chi connectivity index (χ2v) is 9.07. The number of amides is 1. The van der Waals surface area contributed by atoms with Gasteiger partial charge in [-0.1, -0.05) is 41.4 Å². The first kappa shape index (κ1) is 28.4. The van der Waals surface area contributed by atoms with Crippen molar-refractivity contribution in [1.82, 2.24) is 5.32 Å². The molecule has 0 radical (unpaired) electrons. The number of ether oxygens (including phenoxy) is 2. The predicted molar refractivity (Wildman–Crippen MR) is 133 cm³/mol. The van der Waals surface area contributed by atoms with Crippen LogP contribution in [0.2, 0.25) is 10.0 Å². The van der Waals surface area contributed by atoms with Gasteiger partial charge in [-0.3, -0.25) is 4.79 Å². The van der Waals surface area contributed by atoms with E-state index in [0.717, 1.165) is 29.8 Å². The third-order valence-corrected chi connectivity index (χ3v) is 6.51. The molecule has 3 aromatic carbocycles. The van der Waals surface area contributed by atoms with Crippen molar-refractivity contribution in [2.75, 3.05) is 13.2 Å². The summed E-state index contributed by atoms with van der Waals surface area (Å²) >= 11 is 12.5. The Bertz CT molecular complexity index is 1220. The number of hydrogen-bond donors (Lipinski definition) is 1. The molecule has 182 valence electrons. The second-order valence-electron chi connectivity index (χ2n) is 8.26. The molecule has 0 saturated heterocycles. The van der Waals surface area contributed by atoms with Crippen LogP contribution in [0.4, 0.5) is 0 Å². The minimum atomic E-state index is -1.16. The van der Waals surface area contributed by atoms with Gasteiger partial charge < -0.3 is 24.7 Å². The van der Waals surface area contributed by atoms with Crippen LogP contribution in [-0.2, 0) is 11.2 Å². The van der Waals surface area contributed by atoms with Crippen LogP contribution < -0.4 is 49.5 Å². The van der Waals surface area contributed by atoms with Crippen molar-refractivity contribution >= 4 is 35.1 Å². The van der Waals surface area contributed by atoms with Gasteiger partial charge in [-0.05, 0) is 67.6 Å². The van der Waals surface area contributed by atoms with Crippen molar-refractivity contribution in [1.29, 1.82) is 0 Å². The molecule has 4 rings (SSSR count). The van der Waals surface area contributed by atoms with Crippen LogP contribution in [0.5, 0.6) is 17.2 Å². The van der Waals surface area contributed by atoms with Gasteiger partial charge in [-0.2, -0.15) is 0 Å². The van der Waals surface area contributed by atoms with Gasteiger partial charge >= 0.3 is 29.6 Å². The molecule has 9 heteroatoms. The molecule has 1 N–H and O–H groups in total. The van der Waals surface area contributed by atoms with Crippen LogP contribution >= 0.6 is 23.2 Å². The van der Waals surface area contributed by atoms with Gasteiger partial charge in [-0.15, -0.1) is 0 Å². The Morgan fingerprint density at radius 1 is 1.03 bits per heavy atom. The van der Waals surface area contributed by atoms with Crippen molar-refractivity contribution < 1.29 is 53.7 Å². The summed E-state index contributed by atoms with van der Waals surface area (Å²) in [7, 11) is 0. The maximum absolute atomic E-state index is 12.4. The van der Waals surface area contributed by atoms with Crippen LogP contribution in [0.1, 0.15) is 46.7 Å². The molecule has 1 aliphatic heterocycles. The number of aliphatic carboxylic acids is 1. The van der Waals surface area contributed by atoms with Gasteiger partial charge in [0.25, 0.3) is 5.91 Å². The van der Waals surface area contributed by atoms with Gasteiger partial charge in [0.15, 0.2) is 0 Å². The van der Waals surface area contributed by atoms with Gasteiger partial charge in [-0.25, -0.2) is 0 Å². The van der Waals surface area contributed by atoms with Crippen LogP contribution in [-0.4, -0.2) is 25.0 Å². The first-order chi connectivity index (χ1) is 16.9. The van der Waals surface area contributed by atoms with E-state index in [2.05, 4.69) is 5.32 Å². The fraction of sp³-hybridized carbons (Fsp3) is 0.259. The van der Waals surface area contributed by atoms with Crippen LogP contribution in [0.25, 0.3) is 0 Å². The summed E-state index contributed by atoms with van der Waals surface area (Å²) in [5.41, 5.74) is 2.10. The Balaban J connectivity index is 0.00000361. The number of halogens is 2. The summed E-state index contributed by atoms with van der Waals surface area (Å²) in [6.07, 6.45) is 2.96. The summed E-state index contributed by atoms with van der Waals surface area (Å²) in [5.74, 6) is -0.860. The van der Waals surface area contributed by atoms with E-state index in [4.69, 9.17) is 32.7 Å². The minimum Gasteiger partial charge on any atom is -0.549 e. The molecule has 0 spiro atoms. The number of carboxylic acid groups (broad SMARTS) is 1. The minimum absolute atomic E-state index is 0. The van der Waals surface area contributed by atoms with Gasteiger partial charge in [0, 0.05) is 40.6 Å². The zero-order valence-electron chi connectivity index (χ0n) is 19.9. The summed E-state index contributed by atoms with van der Waals surface area (Å²) in [4.78, 5) is 23.8. The van der Waals surface area contributed by atoms with Gasteiger partial charge in [0.05, 0.1) is 11.6 Å². The van der Waals surface area contributed by atoms with Crippen molar-refractivity contribution in [3.8, 4) is 17.2 Å². The summed E-state index contributed by atoms with van der Waals surface area (Å²) < 4.78 is 11.4. The summed E-state index contributed by atoms with van der Waals surface area (Å²) in [6, 6.07) is 17.6. The smallest absolute Gasteiger partial charge is 0.549 e. The Morgan fingerprint density at radius 2 is 1.78 bits per heavy atom. The van der Waals surface area contributed by atoms with Crippen LogP contribution in [0.3, 0.4) is 0 Å². The number of carbonyl (C=O) groups is 2. The first-order valence-electron chi connectivity index (χ1n) is 11.4. The Kier molecular flexibility index (Phi) is 10.5. The molecule has 3 aromatic rings. The molecule has 1 unspecified atom stereocenters. The number of aryl methyl sites for hydroxylation is 1. The standard InChI is InChI=1S/C27H25Cl2NO5.Na/c28-22-7-2-1-5-17(22)6-3-4-13-30-26(31)18-8-10-19(11-9-18)35-25-16-24-21(15-23(25)29)20(27(32)33)12-14-34-24;/h1-2,5,7-11,15-16,20H,3-4,6,12-14H2,(H,30,31)(H,32,33);/q;+1/p-1. The van der Waals surface area contributed by atoms with E-state index >= 15 is 0 Å². The molecule has 0 fully saturated rings. The quantitative estimate of drug-likeness (QED) is 0.335. The average Bonchev–Trinajstić information content (AvgIpc) is 2.85. The molecule has 0 aliphatic carbocycles. The largest absolute Gasteiger partial charge is 1.00 e. The first-order valence-corrected chi connectivity index (χ1v) is 12.1. The summed E-state index contributed by atoms with van der Waals surface area (Å²) in [5, 5.41) is 15.3. The Labute approximate surface area is 242 Å². The maximum atomic E-state index is 12.4. The average molecular weight is 536 g/mol. The molecule has 36 heavy (non-hydrogen) atoms. The molecule has 0 bridgehead atoms. The number of unbranched alkanes of at least 4 members (excludes halogenated alkanes) is 1. The SMILES string of the molecule is O=C(NCCCCc1ccccc1Cl)c1ccc(Oc2cc3c(cc2Cl)C(C(=O)[O-])CCO3)cc1.[Na+]. The number of rotatable bonds is 9. The van der Waals surface area contributed by atoms with Crippen LogP contribution in [0, 0.1) is 0 Å². The Hall–Kier alpha value is -2.22. The fourth-order valence-corrected chi connectivity index (χ4v) is 4.40. The molecule has 0 aromatic heterocycles. The van der Waals surface area contributed by atoms with Crippen molar-refractivity contribution in [2.45, 2.75) is 31.6 Å². The third kappa shape index (κ3) is 7.17. The molecule has 6 nitrogen and oxygen atoms in total. The number of nitrogens with one attached hydrogen (secondary N) is 1. The van der Waals surface area contributed by atoms with Gasteiger partial charge in [0.2, 0.25) is 0 Å². The van der Waals surface area contributed by atoms with E-state index in [9.17, 15) is 14.7 Å². The zero-order chi connectivity index (χ0) is 24.8. The van der Waals surface area contributed by atoms with Crippen molar-refractivity contribution in [2.24, 2.45) is 0 Å². The molecule has 1 heterocycles.